The van der Waals surface area contributed by atoms with Gasteiger partial charge in [0.15, 0.2) is 0 Å². The molecule has 5 nitrogen and oxygen atoms in total. The first-order chi connectivity index (χ1) is 11.3. The summed E-state index contributed by atoms with van der Waals surface area (Å²) in [6.07, 6.45) is 0. The van der Waals surface area contributed by atoms with Crippen molar-refractivity contribution in [1.29, 1.82) is 0 Å². The Morgan fingerprint density at radius 2 is 2.00 bits per heavy atom. The van der Waals surface area contributed by atoms with Gasteiger partial charge in [-0.3, -0.25) is 14.2 Å². The molecule has 1 unspecified atom stereocenters. The summed E-state index contributed by atoms with van der Waals surface area (Å²) in [4.78, 5) is 31.3. The molecule has 124 valence electrons. The van der Waals surface area contributed by atoms with Gasteiger partial charge >= 0.3 is 0 Å². The van der Waals surface area contributed by atoms with Crippen molar-refractivity contribution in [2.75, 3.05) is 0 Å². The maximum Gasteiger partial charge on any atom is 0.263 e. The molecule has 2 aromatic heterocycles. The van der Waals surface area contributed by atoms with Crippen LogP contribution in [0.2, 0.25) is 0 Å². The Morgan fingerprint density at radius 1 is 1.29 bits per heavy atom. The lowest BCUT2D eigenvalue weighted by molar-refractivity contribution is -0.120. The summed E-state index contributed by atoms with van der Waals surface area (Å²) in [5.74, 6) is -0.0829. The number of hydrogen-bond acceptors (Lipinski definition) is 4. The van der Waals surface area contributed by atoms with Crippen LogP contribution in [-0.4, -0.2) is 15.5 Å². The molecule has 0 aliphatic rings. The van der Waals surface area contributed by atoms with Crippen LogP contribution in [0, 0.1) is 20.8 Å². The van der Waals surface area contributed by atoms with Gasteiger partial charge in [-0.25, -0.2) is 4.98 Å². The zero-order chi connectivity index (χ0) is 17.6. The Kier molecular flexibility index (Phi) is 4.01. The summed E-state index contributed by atoms with van der Waals surface area (Å²) in [6, 6.07) is 6.94. The molecule has 0 saturated carbocycles. The number of thiophene rings is 1. The van der Waals surface area contributed by atoms with E-state index in [1.807, 2.05) is 45.0 Å². The average molecular weight is 341 g/mol. The first kappa shape index (κ1) is 16.4. The number of primary amides is 1. The van der Waals surface area contributed by atoms with Crippen LogP contribution in [-0.2, 0) is 4.79 Å². The quantitative estimate of drug-likeness (QED) is 0.795. The predicted molar refractivity (Wildman–Crippen MR) is 97.4 cm³/mol. The molecule has 0 fully saturated rings. The molecular formula is C18H19N3O2S. The molecule has 2 heterocycles. The highest BCUT2D eigenvalue weighted by molar-refractivity contribution is 7.18. The zero-order valence-electron chi connectivity index (χ0n) is 14.1. The Morgan fingerprint density at radius 3 is 2.62 bits per heavy atom. The fourth-order valence-electron chi connectivity index (χ4n) is 2.78. The van der Waals surface area contributed by atoms with Crippen LogP contribution in [0.3, 0.4) is 0 Å². The third-order valence-electron chi connectivity index (χ3n) is 4.31. The van der Waals surface area contributed by atoms with Gasteiger partial charge in [-0.1, -0.05) is 23.8 Å². The molecular weight excluding hydrogens is 322 g/mol. The van der Waals surface area contributed by atoms with Crippen LogP contribution in [0.1, 0.15) is 29.0 Å². The highest BCUT2D eigenvalue weighted by Gasteiger charge is 2.23. The van der Waals surface area contributed by atoms with Crippen LogP contribution in [0.5, 0.6) is 0 Å². The number of aryl methyl sites for hydroxylation is 3. The normalized spacial score (nSPS) is 12.5. The zero-order valence-corrected chi connectivity index (χ0v) is 14.9. The number of fused-ring (bicyclic) bond motifs is 1. The number of nitrogens with zero attached hydrogens (tertiary/aromatic N) is 2. The first-order valence-electron chi connectivity index (χ1n) is 7.70. The number of hydrogen-bond donors (Lipinski definition) is 1. The van der Waals surface area contributed by atoms with Gasteiger partial charge in [0.25, 0.3) is 5.56 Å². The Balaban J connectivity index is 2.45. The second-order valence-corrected chi connectivity index (χ2v) is 7.22. The van der Waals surface area contributed by atoms with Crippen molar-refractivity contribution >= 4 is 27.5 Å². The minimum Gasteiger partial charge on any atom is -0.368 e. The Bertz CT molecular complexity index is 1020. The molecule has 3 rings (SSSR count). The van der Waals surface area contributed by atoms with Crippen molar-refractivity contribution in [3.63, 3.8) is 0 Å². The fourth-order valence-corrected chi connectivity index (χ4v) is 3.80. The lowest BCUT2D eigenvalue weighted by Crippen LogP contribution is -2.33. The minimum atomic E-state index is -0.774. The molecule has 1 aromatic carbocycles. The molecule has 1 atom stereocenters. The number of carbonyl (C=O) groups excluding carboxylic acids is 1. The van der Waals surface area contributed by atoms with Crippen molar-refractivity contribution in [3.05, 3.63) is 50.6 Å². The van der Waals surface area contributed by atoms with Crippen molar-refractivity contribution in [2.45, 2.75) is 33.7 Å². The molecule has 0 aliphatic heterocycles. The molecule has 0 aliphatic carbocycles. The summed E-state index contributed by atoms with van der Waals surface area (Å²) in [5, 5.41) is 0.571. The van der Waals surface area contributed by atoms with Crippen LogP contribution in [0.4, 0.5) is 0 Å². The van der Waals surface area contributed by atoms with E-state index >= 15 is 0 Å². The van der Waals surface area contributed by atoms with Gasteiger partial charge in [0.05, 0.1) is 5.39 Å². The average Bonchev–Trinajstić information content (AvgIpc) is 2.81. The minimum absolute atomic E-state index is 0.218. The van der Waals surface area contributed by atoms with Crippen molar-refractivity contribution < 1.29 is 4.79 Å². The monoisotopic (exact) mass is 341 g/mol. The molecule has 0 saturated heterocycles. The van der Waals surface area contributed by atoms with E-state index in [2.05, 4.69) is 0 Å². The second-order valence-electron chi connectivity index (χ2n) is 6.02. The van der Waals surface area contributed by atoms with E-state index in [1.54, 1.807) is 6.92 Å². The Hall–Kier alpha value is -2.47. The van der Waals surface area contributed by atoms with Gasteiger partial charge in [0.1, 0.15) is 16.7 Å². The van der Waals surface area contributed by atoms with Crippen molar-refractivity contribution in [2.24, 2.45) is 5.73 Å². The van der Waals surface area contributed by atoms with Gasteiger partial charge in [-0.15, -0.1) is 11.3 Å². The van der Waals surface area contributed by atoms with Gasteiger partial charge in [-0.05, 0) is 39.3 Å². The van der Waals surface area contributed by atoms with E-state index in [1.165, 1.54) is 15.9 Å². The summed E-state index contributed by atoms with van der Waals surface area (Å²) in [5.41, 5.74) is 8.02. The van der Waals surface area contributed by atoms with Crippen LogP contribution in [0.15, 0.2) is 29.1 Å². The number of carbonyl (C=O) groups is 1. The standard InChI is InChI=1S/C18H19N3O2S/c1-9-6-5-7-13(8-9)16-20-17-14(10(2)12(4)24-17)18(23)21(16)11(3)15(19)22/h5-8,11H,1-4H3,(H2,19,22). The SMILES string of the molecule is Cc1cccc(-c2nc3sc(C)c(C)c3c(=O)n2C(C)C(N)=O)c1. The van der Waals surface area contributed by atoms with E-state index in [-0.39, 0.29) is 5.56 Å². The van der Waals surface area contributed by atoms with E-state index in [0.717, 1.165) is 21.6 Å². The molecule has 0 spiro atoms. The second kappa shape index (κ2) is 5.87. The van der Waals surface area contributed by atoms with Gasteiger partial charge in [0.2, 0.25) is 5.91 Å². The maximum absolute atomic E-state index is 13.1. The van der Waals surface area contributed by atoms with Gasteiger partial charge in [0, 0.05) is 10.4 Å². The van der Waals surface area contributed by atoms with E-state index in [0.29, 0.717) is 16.0 Å². The number of nitrogens with two attached hydrogens (primary N) is 1. The molecule has 0 bridgehead atoms. The molecule has 6 heteroatoms. The van der Waals surface area contributed by atoms with E-state index in [9.17, 15) is 9.59 Å². The van der Waals surface area contributed by atoms with Crippen LogP contribution < -0.4 is 11.3 Å². The number of amides is 1. The lowest BCUT2D eigenvalue weighted by Gasteiger charge is -2.17. The van der Waals surface area contributed by atoms with Crippen LogP contribution in [0.25, 0.3) is 21.6 Å². The predicted octanol–water partition coefficient (Wildman–Crippen LogP) is 3.10. The molecule has 0 radical (unpaired) electrons. The largest absolute Gasteiger partial charge is 0.368 e. The van der Waals surface area contributed by atoms with Gasteiger partial charge in [-0.2, -0.15) is 0 Å². The smallest absolute Gasteiger partial charge is 0.263 e. The third-order valence-corrected chi connectivity index (χ3v) is 5.41. The summed E-state index contributed by atoms with van der Waals surface area (Å²) >= 11 is 1.49. The first-order valence-corrected chi connectivity index (χ1v) is 8.51. The highest BCUT2D eigenvalue weighted by Crippen LogP contribution is 2.30. The summed E-state index contributed by atoms with van der Waals surface area (Å²) < 4.78 is 1.42. The molecule has 24 heavy (non-hydrogen) atoms. The van der Waals surface area contributed by atoms with E-state index < -0.39 is 11.9 Å². The number of rotatable bonds is 3. The summed E-state index contributed by atoms with van der Waals surface area (Å²) in [7, 11) is 0. The fraction of sp³-hybridized carbons (Fsp3) is 0.278. The third kappa shape index (κ3) is 2.53. The van der Waals surface area contributed by atoms with Crippen LogP contribution >= 0.6 is 11.3 Å². The molecule has 3 aromatic rings. The highest BCUT2D eigenvalue weighted by atomic mass is 32.1. The van der Waals surface area contributed by atoms with Crippen molar-refractivity contribution in [3.8, 4) is 11.4 Å². The maximum atomic E-state index is 13.1. The molecule has 2 N–H and O–H groups in total. The molecule has 1 amide bonds. The van der Waals surface area contributed by atoms with Crippen molar-refractivity contribution in [1.82, 2.24) is 9.55 Å². The van der Waals surface area contributed by atoms with Gasteiger partial charge < -0.3 is 5.73 Å². The summed E-state index contributed by atoms with van der Waals surface area (Å²) in [6.45, 7) is 7.48. The lowest BCUT2D eigenvalue weighted by atomic mass is 10.1. The number of aromatic nitrogens is 2. The van der Waals surface area contributed by atoms with E-state index in [4.69, 9.17) is 10.7 Å². The topological polar surface area (TPSA) is 78.0 Å². The Labute approximate surface area is 143 Å². The number of benzene rings is 1.